The number of nitrogens with one attached hydrogen (secondary N) is 1. The minimum absolute atomic E-state index is 0.0696. The molecule has 1 aliphatic rings. The van der Waals surface area contributed by atoms with Crippen molar-refractivity contribution in [3.8, 4) is 0 Å². The van der Waals surface area contributed by atoms with Crippen LogP contribution in [-0.2, 0) is 4.79 Å². The average molecular weight is 478 g/mol. The fraction of sp³-hybridized carbons (Fsp3) is 0.348. The van der Waals surface area contributed by atoms with Gasteiger partial charge in [-0.1, -0.05) is 43.3 Å². The molecule has 6 nitrogen and oxygen atoms in total. The Balaban J connectivity index is 1.91. The predicted octanol–water partition coefficient (Wildman–Crippen LogP) is 5.56. The quantitative estimate of drug-likeness (QED) is 0.530. The highest BCUT2D eigenvalue weighted by atomic mass is 35.5. The molecule has 2 atom stereocenters. The van der Waals surface area contributed by atoms with Gasteiger partial charge in [-0.15, -0.1) is 11.3 Å². The summed E-state index contributed by atoms with van der Waals surface area (Å²) < 4.78 is 19.0. The van der Waals surface area contributed by atoms with Crippen LogP contribution < -0.4 is 5.32 Å². The Kier molecular flexibility index (Phi) is 7.69. The van der Waals surface area contributed by atoms with Crippen LogP contribution in [0.1, 0.15) is 54.4 Å². The molecule has 1 fully saturated rings. The Morgan fingerprint density at radius 3 is 2.81 bits per heavy atom. The number of allylic oxidation sites excluding steroid dienone is 5. The highest BCUT2D eigenvalue weighted by Gasteiger charge is 2.39. The zero-order chi connectivity index (χ0) is 23.4. The number of hydrogen-bond donors (Lipinski definition) is 1. The summed E-state index contributed by atoms with van der Waals surface area (Å²) in [6.07, 6.45) is 4.76. The van der Waals surface area contributed by atoms with Crippen molar-refractivity contribution in [1.29, 1.82) is 0 Å². The zero-order valence-electron chi connectivity index (χ0n) is 18.1. The SMILES string of the molecule is C=CC(=CC=C(C)F)c1cc(C(=O)N2CC(c3ccc(Cl)s3)NC(=O)C2CC(C)C)no1. The summed E-state index contributed by atoms with van der Waals surface area (Å²) in [5.74, 6) is -0.520. The van der Waals surface area contributed by atoms with Gasteiger partial charge in [0.25, 0.3) is 5.91 Å². The number of aromatic nitrogens is 1. The molecule has 0 saturated carbocycles. The van der Waals surface area contributed by atoms with E-state index >= 15 is 0 Å². The molecule has 1 saturated heterocycles. The molecule has 0 bridgehead atoms. The Morgan fingerprint density at radius 2 is 2.22 bits per heavy atom. The first-order valence-corrected chi connectivity index (χ1v) is 11.4. The Labute approximate surface area is 195 Å². The lowest BCUT2D eigenvalue weighted by atomic mass is 9.97. The molecule has 1 N–H and O–H groups in total. The Morgan fingerprint density at radius 1 is 1.47 bits per heavy atom. The summed E-state index contributed by atoms with van der Waals surface area (Å²) in [7, 11) is 0. The van der Waals surface area contributed by atoms with Gasteiger partial charge in [-0.25, -0.2) is 4.39 Å². The van der Waals surface area contributed by atoms with Gasteiger partial charge in [0, 0.05) is 23.1 Å². The fourth-order valence-electron chi connectivity index (χ4n) is 3.48. The molecule has 1 aliphatic heterocycles. The second-order valence-electron chi connectivity index (χ2n) is 7.96. The van der Waals surface area contributed by atoms with Crippen molar-refractivity contribution in [2.75, 3.05) is 6.54 Å². The normalized spacial score (nSPS) is 19.9. The van der Waals surface area contributed by atoms with Crippen LogP contribution in [0.2, 0.25) is 4.34 Å². The Bertz CT molecular complexity index is 1070. The highest BCUT2D eigenvalue weighted by Crippen LogP contribution is 2.31. The summed E-state index contributed by atoms with van der Waals surface area (Å²) in [5, 5.41) is 6.92. The van der Waals surface area contributed by atoms with Gasteiger partial charge >= 0.3 is 0 Å². The van der Waals surface area contributed by atoms with Crippen molar-refractivity contribution in [3.05, 3.63) is 69.5 Å². The third-order valence-corrected chi connectivity index (χ3v) is 6.34. The molecule has 2 aromatic heterocycles. The maximum atomic E-state index is 13.4. The summed E-state index contributed by atoms with van der Waals surface area (Å²) >= 11 is 7.43. The molecule has 3 rings (SSSR count). The number of piperazine rings is 1. The van der Waals surface area contributed by atoms with Crippen LogP contribution in [0.5, 0.6) is 0 Å². The number of rotatable bonds is 7. The first kappa shape index (κ1) is 23.9. The molecule has 170 valence electrons. The lowest BCUT2D eigenvalue weighted by molar-refractivity contribution is -0.130. The zero-order valence-corrected chi connectivity index (χ0v) is 19.7. The molecular formula is C23H25ClFN3O3S. The molecule has 2 unspecified atom stereocenters. The van der Waals surface area contributed by atoms with Crippen molar-refractivity contribution in [2.24, 2.45) is 5.92 Å². The summed E-state index contributed by atoms with van der Waals surface area (Å²) in [6, 6.07) is 4.11. The van der Waals surface area contributed by atoms with E-state index in [0.717, 1.165) is 4.88 Å². The second kappa shape index (κ2) is 10.3. The second-order valence-corrected chi connectivity index (χ2v) is 9.71. The molecule has 32 heavy (non-hydrogen) atoms. The van der Waals surface area contributed by atoms with Crippen LogP contribution in [0.4, 0.5) is 4.39 Å². The van der Waals surface area contributed by atoms with E-state index in [-0.39, 0.29) is 41.7 Å². The molecule has 0 radical (unpaired) electrons. The summed E-state index contributed by atoms with van der Waals surface area (Å²) in [6.45, 7) is 9.29. The molecule has 0 aliphatic carbocycles. The molecule has 0 spiro atoms. The number of thiophene rings is 1. The molecular weight excluding hydrogens is 453 g/mol. The van der Waals surface area contributed by atoms with E-state index in [4.69, 9.17) is 16.1 Å². The van der Waals surface area contributed by atoms with Gasteiger partial charge in [-0.3, -0.25) is 9.59 Å². The van der Waals surface area contributed by atoms with E-state index in [9.17, 15) is 14.0 Å². The lowest BCUT2D eigenvalue weighted by Gasteiger charge is -2.39. The number of halogens is 2. The first-order chi connectivity index (χ1) is 15.2. The van der Waals surface area contributed by atoms with Crippen molar-refractivity contribution < 1.29 is 18.5 Å². The van der Waals surface area contributed by atoms with Gasteiger partial charge in [-0.05, 0) is 43.5 Å². The number of amides is 2. The van der Waals surface area contributed by atoms with Crippen LogP contribution in [0, 0.1) is 5.92 Å². The molecule has 0 aromatic carbocycles. The highest BCUT2D eigenvalue weighted by molar-refractivity contribution is 7.16. The first-order valence-electron chi connectivity index (χ1n) is 10.2. The Hall–Kier alpha value is -2.71. The standard InChI is InChI=1S/C23H25ClFN3O3S/c1-5-15(7-6-14(4)25)19-11-16(27-31-19)23(30)28-12-17(20-8-9-21(24)32-20)26-22(29)18(28)10-13(2)3/h5-9,11,13,17-18H,1,10,12H2,2-4H3,(H,26,29). The largest absolute Gasteiger partial charge is 0.355 e. The van der Waals surface area contributed by atoms with Gasteiger partial charge in [0.15, 0.2) is 11.5 Å². The minimum Gasteiger partial charge on any atom is -0.355 e. The monoisotopic (exact) mass is 477 g/mol. The maximum absolute atomic E-state index is 13.4. The number of carbonyl (C=O) groups excluding carboxylic acids is 2. The third-order valence-electron chi connectivity index (χ3n) is 4.99. The lowest BCUT2D eigenvalue weighted by Crippen LogP contribution is -2.58. The van der Waals surface area contributed by atoms with E-state index < -0.39 is 11.9 Å². The maximum Gasteiger partial charge on any atom is 0.276 e. The number of carbonyl (C=O) groups is 2. The van der Waals surface area contributed by atoms with Crippen LogP contribution >= 0.6 is 22.9 Å². The van der Waals surface area contributed by atoms with Gasteiger partial charge in [0.1, 0.15) is 6.04 Å². The molecule has 9 heteroatoms. The summed E-state index contributed by atoms with van der Waals surface area (Å²) in [4.78, 5) is 28.7. The van der Waals surface area contributed by atoms with Gasteiger partial charge in [0.05, 0.1) is 16.2 Å². The molecule has 3 heterocycles. The van der Waals surface area contributed by atoms with Crippen LogP contribution in [0.25, 0.3) is 5.57 Å². The van der Waals surface area contributed by atoms with Crippen molar-refractivity contribution in [2.45, 2.75) is 39.3 Å². The van der Waals surface area contributed by atoms with E-state index in [1.165, 1.54) is 42.6 Å². The number of hydrogen-bond acceptors (Lipinski definition) is 5. The minimum atomic E-state index is -0.624. The molecule has 2 amide bonds. The fourth-order valence-corrected chi connectivity index (χ4v) is 4.58. The smallest absolute Gasteiger partial charge is 0.276 e. The van der Waals surface area contributed by atoms with E-state index in [0.29, 0.717) is 16.3 Å². The van der Waals surface area contributed by atoms with Crippen LogP contribution in [0.3, 0.4) is 0 Å². The topological polar surface area (TPSA) is 75.4 Å². The van der Waals surface area contributed by atoms with Crippen molar-refractivity contribution >= 4 is 40.3 Å². The van der Waals surface area contributed by atoms with Crippen LogP contribution in [-0.4, -0.2) is 34.5 Å². The van der Waals surface area contributed by atoms with Crippen LogP contribution in [0.15, 0.2) is 53.4 Å². The van der Waals surface area contributed by atoms with Crippen molar-refractivity contribution in [3.63, 3.8) is 0 Å². The predicted molar refractivity (Wildman–Crippen MR) is 124 cm³/mol. The third kappa shape index (κ3) is 5.55. The van der Waals surface area contributed by atoms with Gasteiger partial charge < -0.3 is 14.7 Å². The van der Waals surface area contributed by atoms with E-state index in [2.05, 4.69) is 17.1 Å². The number of nitrogens with zero attached hydrogens (tertiary/aromatic N) is 2. The van der Waals surface area contributed by atoms with Gasteiger partial charge in [-0.2, -0.15) is 0 Å². The van der Waals surface area contributed by atoms with Crippen molar-refractivity contribution in [1.82, 2.24) is 15.4 Å². The van der Waals surface area contributed by atoms with E-state index in [1.807, 2.05) is 19.9 Å². The average Bonchev–Trinajstić information content (AvgIpc) is 3.38. The molecule has 2 aromatic rings. The summed E-state index contributed by atoms with van der Waals surface area (Å²) in [5.41, 5.74) is 0.551. The van der Waals surface area contributed by atoms with Gasteiger partial charge in [0.2, 0.25) is 5.91 Å². The van der Waals surface area contributed by atoms with E-state index in [1.54, 1.807) is 11.0 Å².